The first kappa shape index (κ1) is 24.4. The van der Waals surface area contributed by atoms with Crippen LogP contribution >= 0.6 is 0 Å². The van der Waals surface area contributed by atoms with Gasteiger partial charge in [0.2, 0.25) is 5.91 Å². The molecular weight excluding hydrogens is 456 g/mol. The largest absolute Gasteiger partial charge is 0.496 e. The van der Waals surface area contributed by atoms with E-state index in [9.17, 15) is 19.6 Å². The molecule has 0 radical (unpaired) electrons. The predicted octanol–water partition coefficient (Wildman–Crippen LogP) is 4.16. The highest BCUT2D eigenvalue weighted by Crippen LogP contribution is 2.57. The molecule has 1 aromatic carbocycles. The third-order valence-electron chi connectivity index (χ3n) is 8.56. The Kier molecular flexibility index (Phi) is 6.50. The Morgan fingerprint density at radius 2 is 2.00 bits per heavy atom. The van der Waals surface area contributed by atoms with Gasteiger partial charge in [0.25, 0.3) is 5.91 Å². The summed E-state index contributed by atoms with van der Waals surface area (Å²) in [6, 6.07) is 8.72. The second-order valence-corrected chi connectivity index (χ2v) is 11.0. The van der Waals surface area contributed by atoms with E-state index in [0.29, 0.717) is 37.1 Å². The van der Waals surface area contributed by atoms with Crippen molar-refractivity contribution >= 4 is 28.5 Å². The number of benzene rings is 1. The first-order valence-corrected chi connectivity index (χ1v) is 13.1. The molecule has 8 nitrogen and oxygen atoms in total. The quantitative estimate of drug-likeness (QED) is 0.538. The van der Waals surface area contributed by atoms with Crippen LogP contribution in [0.5, 0.6) is 5.75 Å². The molecule has 3 aliphatic rings. The van der Waals surface area contributed by atoms with Crippen LogP contribution in [0.25, 0.3) is 10.9 Å². The summed E-state index contributed by atoms with van der Waals surface area (Å²) in [5, 5.41) is 16.5. The monoisotopic (exact) mass is 490 g/mol. The minimum atomic E-state index is -1.06. The third kappa shape index (κ3) is 4.47. The molecule has 2 atom stereocenters. The van der Waals surface area contributed by atoms with E-state index >= 15 is 0 Å². The van der Waals surface area contributed by atoms with Crippen molar-refractivity contribution in [3.05, 3.63) is 30.0 Å². The van der Waals surface area contributed by atoms with Gasteiger partial charge in [-0.1, -0.05) is 25.3 Å². The molecule has 0 aliphatic heterocycles. The second-order valence-electron chi connectivity index (χ2n) is 11.0. The van der Waals surface area contributed by atoms with E-state index in [1.165, 1.54) is 6.42 Å². The van der Waals surface area contributed by atoms with Gasteiger partial charge < -0.3 is 20.4 Å². The highest BCUT2D eigenvalue weighted by atomic mass is 16.5. The normalized spacial score (nSPS) is 23.0. The fraction of sp³-hybridized carbons (Fsp3) is 0.571. The van der Waals surface area contributed by atoms with Crippen molar-refractivity contribution in [3.63, 3.8) is 0 Å². The minimum Gasteiger partial charge on any atom is -0.496 e. The van der Waals surface area contributed by atoms with Gasteiger partial charge in [-0.05, 0) is 68.6 Å². The number of carbonyl (C=O) groups excluding carboxylic acids is 3. The van der Waals surface area contributed by atoms with Crippen molar-refractivity contribution in [3.8, 4) is 11.8 Å². The molecule has 3 aliphatic carbocycles. The Hall–Kier alpha value is -3.34. The molecule has 3 N–H and O–H groups in total. The molecule has 1 aromatic heterocycles. The van der Waals surface area contributed by atoms with Gasteiger partial charge in [0.1, 0.15) is 28.8 Å². The number of ether oxygens (including phenoxy) is 1. The van der Waals surface area contributed by atoms with Crippen LogP contribution in [-0.4, -0.2) is 41.3 Å². The van der Waals surface area contributed by atoms with Crippen LogP contribution < -0.4 is 15.4 Å². The molecule has 8 heteroatoms. The third-order valence-corrected chi connectivity index (χ3v) is 8.56. The second kappa shape index (κ2) is 9.61. The van der Waals surface area contributed by atoms with Crippen molar-refractivity contribution in [2.45, 2.75) is 82.2 Å². The van der Waals surface area contributed by atoms with Gasteiger partial charge in [-0.2, -0.15) is 5.26 Å². The van der Waals surface area contributed by atoms with Crippen LogP contribution in [-0.2, 0) is 9.59 Å². The number of ketones is 1. The average molecular weight is 491 g/mol. The summed E-state index contributed by atoms with van der Waals surface area (Å²) in [7, 11) is 1.59. The number of methoxy groups -OCH3 is 1. The standard InChI is InChI=1S/C28H34N4O4/c1-36-24-10-6-8-21-20(24)14-22(31-21)25(34)32-28(16-27(17-28)11-3-2-4-12-27)26(35)30-19(15-29)13-18-7-5-9-23(18)33/h6,8,10,14,18-19,31H,2-5,7,9,11-13,16-17H2,1H3,(H,30,35)(H,32,34)/t18-,19?/m0/s1. The first-order valence-electron chi connectivity index (χ1n) is 13.1. The van der Waals surface area contributed by atoms with Crippen LogP contribution in [0.2, 0.25) is 0 Å². The lowest BCUT2D eigenvalue weighted by Gasteiger charge is -2.57. The van der Waals surface area contributed by atoms with Gasteiger partial charge in [0, 0.05) is 23.2 Å². The summed E-state index contributed by atoms with van der Waals surface area (Å²) < 4.78 is 5.41. The smallest absolute Gasteiger partial charge is 0.268 e. The molecule has 36 heavy (non-hydrogen) atoms. The van der Waals surface area contributed by atoms with E-state index in [2.05, 4.69) is 21.7 Å². The number of hydrogen-bond donors (Lipinski definition) is 3. The van der Waals surface area contributed by atoms with Crippen molar-refractivity contribution < 1.29 is 19.1 Å². The van der Waals surface area contributed by atoms with E-state index in [0.717, 1.165) is 49.4 Å². The number of amides is 2. The molecule has 0 bridgehead atoms. The van der Waals surface area contributed by atoms with Crippen LogP contribution in [0.15, 0.2) is 24.3 Å². The van der Waals surface area contributed by atoms with E-state index in [1.54, 1.807) is 13.2 Å². The number of H-pyrrole nitrogens is 1. The number of nitrogens with one attached hydrogen (secondary N) is 3. The first-order chi connectivity index (χ1) is 17.4. The molecular formula is C28H34N4O4. The van der Waals surface area contributed by atoms with Crippen LogP contribution in [0.3, 0.4) is 0 Å². The number of aromatic nitrogens is 1. The summed E-state index contributed by atoms with van der Waals surface area (Å²) in [6.45, 7) is 0. The fourth-order valence-corrected chi connectivity index (χ4v) is 6.76. The Morgan fingerprint density at radius 3 is 2.67 bits per heavy atom. The highest BCUT2D eigenvalue weighted by molar-refractivity contribution is 6.03. The molecule has 1 unspecified atom stereocenters. The van der Waals surface area contributed by atoms with E-state index < -0.39 is 11.6 Å². The molecule has 190 valence electrons. The zero-order valence-electron chi connectivity index (χ0n) is 20.8. The van der Waals surface area contributed by atoms with Gasteiger partial charge >= 0.3 is 0 Å². The van der Waals surface area contributed by atoms with Crippen molar-refractivity contribution in [1.29, 1.82) is 5.26 Å². The number of hydrogen-bond acceptors (Lipinski definition) is 5. The topological polar surface area (TPSA) is 124 Å². The zero-order chi connectivity index (χ0) is 25.3. The molecule has 1 spiro atoms. The van der Waals surface area contributed by atoms with Gasteiger partial charge in [-0.15, -0.1) is 0 Å². The Bertz CT molecular complexity index is 1210. The van der Waals surface area contributed by atoms with Crippen LogP contribution in [0.4, 0.5) is 0 Å². The molecule has 5 rings (SSSR count). The molecule has 0 saturated heterocycles. The fourth-order valence-electron chi connectivity index (χ4n) is 6.76. The summed E-state index contributed by atoms with van der Waals surface area (Å²) in [6.07, 6.45) is 9.22. The predicted molar refractivity (Wildman–Crippen MR) is 134 cm³/mol. The summed E-state index contributed by atoms with van der Waals surface area (Å²) in [5.41, 5.74) is 0.140. The van der Waals surface area contributed by atoms with Crippen LogP contribution in [0.1, 0.15) is 81.1 Å². The van der Waals surface area contributed by atoms with Gasteiger partial charge in [-0.25, -0.2) is 0 Å². The summed E-state index contributed by atoms with van der Waals surface area (Å²) >= 11 is 0. The Balaban J connectivity index is 1.35. The number of nitrogens with zero attached hydrogens (tertiary/aromatic N) is 1. The van der Waals surface area contributed by atoms with Crippen molar-refractivity contribution in [2.24, 2.45) is 11.3 Å². The maximum atomic E-state index is 13.6. The number of Topliss-reactive ketones (excluding diaryl/α,β-unsaturated/α-hetero) is 1. The molecule has 3 saturated carbocycles. The Labute approximate surface area is 211 Å². The minimum absolute atomic E-state index is 0.0656. The Morgan fingerprint density at radius 1 is 1.22 bits per heavy atom. The average Bonchev–Trinajstić information content (AvgIpc) is 3.49. The zero-order valence-corrected chi connectivity index (χ0v) is 20.8. The lowest BCUT2D eigenvalue weighted by Crippen LogP contribution is -2.70. The molecule has 2 aromatic rings. The van der Waals surface area contributed by atoms with Crippen molar-refractivity contribution in [1.82, 2.24) is 15.6 Å². The maximum absolute atomic E-state index is 13.6. The maximum Gasteiger partial charge on any atom is 0.268 e. The number of rotatable bonds is 7. The van der Waals surface area contributed by atoms with Gasteiger partial charge in [-0.3, -0.25) is 14.4 Å². The molecule has 2 amide bonds. The van der Waals surface area contributed by atoms with Crippen LogP contribution in [0, 0.1) is 22.7 Å². The number of nitriles is 1. The van der Waals surface area contributed by atoms with Gasteiger partial charge in [0.05, 0.1) is 13.2 Å². The summed E-state index contributed by atoms with van der Waals surface area (Å²) in [4.78, 5) is 42.3. The highest BCUT2D eigenvalue weighted by Gasteiger charge is 2.59. The van der Waals surface area contributed by atoms with E-state index in [4.69, 9.17) is 4.74 Å². The summed E-state index contributed by atoms with van der Waals surface area (Å²) in [5.74, 6) is -0.0101. The van der Waals surface area contributed by atoms with Crippen molar-refractivity contribution in [2.75, 3.05) is 7.11 Å². The molecule has 3 fully saturated rings. The SMILES string of the molecule is COc1cccc2[nH]c(C(=O)NC3(C(=O)NC(C#N)C[C@@H]4CCCC4=O)CC4(CCCCC4)C3)cc12. The lowest BCUT2D eigenvalue weighted by molar-refractivity contribution is -0.140. The van der Waals surface area contributed by atoms with E-state index in [1.807, 2.05) is 18.2 Å². The molecule has 1 heterocycles. The number of fused-ring (bicyclic) bond motifs is 1. The lowest BCUT2D eigenvalue weighted by atomic mass is 9.51. The number of carbonyl (C=O) groups is 3. The van der Waals surface area contributed by atoms with E-state index in [-0.39, 0.29) is 28.9 Å². The van der Waals surface area contributed by atoms with Gasteiger partial charge in [0.15, 0.2) is 0 Å². The number of aromatic amines is 1.